The molecule has 0 radical (unpaired) electrons. The molecule has 0 N–H and O–H groups in total. The van der Waals surface area contributed by atoms with E-state index in [1.807, 2.05) is 0 Å². The van der Waals surface area contributed by atoms with Crippen molar-refractivity contribution in [3.63, 3.8) is 0 Å². The Morgan fingerprint density at radius 2 is 1.28 bits per heavy atom. The molecule has 0 aliphatic carbocycles. The summed E-state index contributed by atoms with van der Waals surface area (Å²) < 4.78 is 40.5. The van der Waals surface area contributed by atoms with Crippen LogP contribution in [0.15, 0.2) is 25.0 Å². The molecule has 0 amide bonds. The molecular weight excluding hydrogens is 329 g/mol. The molecule has 0 aromatic carbocycles. The SMILES string of the molecule is C=COC(=O)CCCCCCC/C=C\CCCCCCCC(F)(F)F. The first-order chi connectivity index (χ1) is 12.0. The summed E-state index contributed by atoms with van der Waals surface area (Å²) in [6, 6.07) is 0. The van der Waals surface area contributed by atoms with Crippen LogP contribution >= 0.6 is 0 Å². The molecule has 0 saturated heterocycles. The molecule has 0 heterocycles. The van der Waals surface area contributed by atoms with Crippen molar-refractivity contribution in [1.82, 2.24) is 0 Å². The molecule has 0 aliphatic heterocycles. The summed E-state index contributed by atoms with van der Waals surface area (Å²) in [7, 11) is 0. The summed E-state index contributed by atoms with van der Waals surface area (Å²) in [6.45, 7) is 3.34. The highest BCUT2D eigenvalue weighted by molar-refractivity contribution is 5.69. The second-order valence-electron chi connectivity index (χ2n) is 6.36. The van der Waals surface area contributed by atoms with E-state index >= 15 is 0 Å². The van der Waals surface area contributed by atoms with Crippen molar-refractivity contribution in [1.29, 1.82) is 0 Å². The second-order valence-corrected chi connectivity index (χ2v) is 6.36. The van der Waals surface area contributed by atoms with Crippen molar-refractivity contribution in [3.05, 3.63) is 25.0 Å². The summed E-state index contributed by atoms with van der Waals surface area (Å²) in [5, 5.41) is 0. The van der Waals surface area contributed by atoms with Crippen molar-refractivity contribution in [2.75, 3.05) is 0 Å². The number of carbonyl (C=O) groups is 1. The molecule has 5 heteroatoms. The fraction of sp³-hybridized carbons (Fsp3) is 0.750. The van der Waals surface area contributed by atoms with E-state index in [2.05, 4.69) is 23.5 Å². The predicted molar refractivity (Wildman–Crippen MR) is 96.1 cm³/mol. The van der Waals surface area contributed by atoms with Gasteiger partial charge >= 0.3 is 12.1 Å². The van der Waals surface area contributed by atoms with Crippen LogP contribution < -0.4 is 0 Å². The summed E-state index contributed by atoms with van der Waals surface area (Å²) in [5.74, 6) is -0.210. The average Bonchev–Trinajstić information content (AvgIpc) is 2.53. The maximum absolute atomic E-state index is 11.9. The summed E-state index contributed by atoms with van der Waals surface area (Å²) in [6.07, 6.45) is 12.7. The second kappa shape index (κ2) is 16.2. The van der Waals surface area contributed by atoms with Crippen LogP contribution in [-0.4, -0.2) is 12.1 Å². The Labute approximate surface area is 150 Å². The number of carbonyl (C=O) groups excluding carboxylic acids is 1. The maximum atomic E-state index is 11.9. The predicted octanol–water partition coefficient (Wildman–Crippen LogP) is 7.25. The van der Waals surface area contributed by atoms with E-state index in [0.717, 1.165) is 57.8 Å². The Balaban J connectivity index is 3.21. The van der Waals surface area contributed by atoms with Gasteiger partial charge in [-0.05, 0) is 38.5 Å². The third-order valence-electron chi connectivity index (χ3n) is 3.96. The van der Waals surface area contributed by atoms with Gasteiger partial charge in [0.15, 0.2) is 0 Å². The molecule has 2 nitrogen and oxygen atoms in total. The van der Waals surface area contributed by atoms with Crippen LogP contribution in [0.1, 0.15) is 89.9 Å². The van der Waals surface area contributed by atoms with Gasteiger partial charge in [0, 0.05) is 12.8 Å². The quantitative estimate of drug-likeness (QED) is 0.125. The molecule has 0 aromatic rings. The van der Waals surface area contributed by atoms with Gasteiger partial charge in [-0.25, -0.2) is 0 Å². The molecule has 25 heavy (non-hydrogen) atoms. The Hall–Kier alpha value is -1.26. The van der Waals surface area contributed by atoms with Crippen molar-refractivity contribution >= 4 is 5.97 Å². The van der Waals surface area contributed by atoms with Gasteiger partial charge in [-0.1, -0.05) is 57.3 Å². The van der Waals surface area contributed by atoms with E-state index in [-0.39, 0.29) is 12.4 Å². The maximum Gasteiger partial charge on any atom is 0.389 e. The molecule has 0 saturated carbocycles. The number of allylic oxidation sites excluding steroid dienone is 2. The fourth-order valence-corrected chi connectivity index (χ4v) is 2.57. The summed E-state index contributed by atoms with van der Waals surface area (Å²) in [5.41, 5.74) is 0. The van der Waals surface area contributed by atoms with Crippen LogP contribution in [0.3, 0.4) is 0 Å². The number of hydrogen-bond donors (Lipinski definition) is 0. The summed E-state index contributed by atoms with van der Waals surface area (Å²) >= 11 is 0. The lowest BCUT2D eigenvalue weighted by molar-refractivity contribution is -0.138. The molecule has 0 atom stereocenters. The molecule has 146 valence electrons. The Kier molecular flexibility index (Phi) is 15.4. The van der Waals surface area contributed by atoms with Gasteiger partial charge in [0.25, 0.3) is 0 Å². The molecule has 0 aromatic heterocycles. The number of alkyl halides is 3. The zero-order chi connectivity index (χ0) is 18.8. The van der Waals surface area contributed by atoms with Gasteiger partial charge in [-0.15, -0.1) is 0 Å². The van der Waals surface area contributed by atoms with Gasteiger partial charge in [0.05, 0.1) is 6.26 Å². The standard InChI is InChI=1S/C20H33F3O2/c1-2-25-19(24)17-15-13-11-9-7-5-3-4-6-8-10-12-14-16-18-20(21,22)23/h2-4H,1,5-18H2/b4-3-. The van der Waals surface area contributed by atoms with Gasteiger partial charge in [0.1, 0.15) is 0 Å². The molecule has 0 fully saturated rings. The lowest BCUT2D eigenvalue weighted by atomic mass is 10.1. The van der Waals surface area contributed by atoms with Crippen LogP contribution in [0.25, 0.3) is 0 Å². The van der Waals surface area contributed by atoms with E-state index in [0.29, 0.717) is 12.8 Å². The van der Waals surface area contributed by atoms with Crippen LogP contribution in [0.2, 0.25) is 0 Å². The fourth-order valence-electron chi connectivity index (χ4n) is 2.57. The van der Waals surface area contributed by atoms with E-state index in [1.165, 1.54) is 12.7 Å². The first-order valence-electron chi connectivity index (χ1n) is 9.48. The van der Waals surface area contributed by atoms with Crippen LogP contribution in [0, 0.1) is 0 Å². The number of rotatable bonds is 16. The van der Waals surface area contributed by atoms with Crippen LogP contribution in [0.4, 0.5) is 13.2 Å². The van der Waals surface area contributed by atoms with Gasteiger partial charge in [-0.2, -0.15) is 13.2 Å². The molecule has 0 aliphatic rings. The van der Waals surface area contributed by atoms with E-state index in [9.17, 15) is 18.0 Å². The van der Waals surface area contributed by atoms with Crippen molar-refractivity contribution in [2.45, 2.75) is 96.1 Å². The minimum Gasteiger partial charge on any atom is -0.435 e. The average molecular weight is 362 g/mol. The minimum atomic E-state index is -4.00. The van der Waals surface area contributed by atoms with E-state index in [1.54, 1.807) is 0 Å². The molecule has 0 spiro atoms. The zero-order valence-electron chi connectivity index (χ0n) is 15.3. The Morgan fingerprint density at radius 3 is 1.80 bits per heavy atom. The zero-order valence-corrected chi connectivity index (χ0v) is 15.3. The lowest BCUT2D eigenvalue weighted by Gasteiger charge is -2.05. The molecule has 0 rings (SSSR count). The monoisotopic (exact) mass is 362 g/mol. The number of hydrogen-bond acceptors (Lipinski definition) is 2. The van der Waals surface area contributed by atoms with Crippen molar-refractivity contribution in [2.24, 2.45) is 0 Å². The largest absolute Gasteiger partial charge is 0.435 e. The third kappa shape index (κ3) is 20.7. The molecule has 0 unspecified atom stereocenters. The number of unbranched alkanes of at least 4 members (excludes halogenated alkanes) is 10. The highest BCUT2D eigenvalue weighted by Crippen LogP contribution is 2.23. The van der Waals surface area contributed by atoms with E-state index in [4.69, 9.17) is 0 Å². The van der Waals surface area contributed by atoms with Gasteiger partial charge in [-0.3, -0.25) is 4.79 Å². The van der Waals surface area contributed by atoms with E-state index < -0.39 is 12.6 Å². The smallest absolute Gasteiger partial charge is 0.389 e. The van der Waals surface area contributed by atoms with Crippen molar-refractivity contribution < 1.29 is 22.7 Å². The number of ether oxygens (including phenoxy) is 1. The highest BCUT2D eigenvalue weighted by Gasteiger charge is 2.25. The first kappa shape index (κ1) is 23.7. The minimum absolute atomic E-state index is 0.210. The lowest BCUT2D eigenvalue weighted by Crippen LogP contribution is -2.06. The normalized spacial score (nSPS) is 11.8. The van der Waals surface area contributed by atoms with Crippen LogP contribution in [0.5, 0.6) is 0 Å². The van der Waals surface area contributed by atoms with Gasteiger partial charge in [0.2, 0.25) is 0 Å². The van der Waals surface area contributed by atoms with Gasteiger partial charge < -0.3 is 4.74 Å². The first-order valence-corrected chi connectivity index (χ1v) is 9.48. The summed E-state index contributed by atoms with van der Waals surface area (Å²) in [4.78, 5) is 11.1. The topological polar surface area (TPSA) is 26.3 Å². The number of halogens is 3. The molecule has 0 bridgehead atoms. The Bertz CT molecular complexity index is 362. The third-order valence-corrected chi connectivity index (χ3v) is 3.96. The van der Waals surface area contributed by atoms with Crippen molar-refractivity contribution in [3.8, 4) is 0 Å². The van der Waals surface area contributed by atoms with Crippen LogP contribution in [-0.2, 0) is 9.53 Å². The number of esters is 1. The highest BCUT2D eigenvalue weighted by atomic mass is 19.4. The Morgan fingerprint density at radius 1 is 0.800 bits per heavy atom. The molecular formula is C20H33F3O2.